The Labute approximate surface area is 165 Å². The first-order valence-corrected chi connectivity index (χ1v) is 10.0. The van der Waals surface area contributed by atoms with Crippen molar-refractivity contribution in [3.8, 4) is 15.6 Å². The second-order valence-electron chi connectivity index (χ2n) is 7.03. The van der Waals surface area contributed by atoms with Crippen LogP contribution in [-0.4, -0.2) is 46.9 Å². The number of benzene rings is 1. The number of aromatic nitrogens is 1. The highest BCUT2D eigenvalue weighted by Gasteiger charge is 2.62. The van der Waals surface area contributed by atoms with Gasteiger partial charge in [0.2, 0.25) is 0 Å². The molecule has 1 aromatic carbocycles. The van der Waals surface area contributed by atoms with Crippen LogP contribution in [0, 0.1) is 5.92 Å². The van der Waals surface area contributed by atoms with Crippen LogP contribution in [-0.2, 0) is 19.1 Å². The van der Waals surface area contributed by atoms with E-state index in [0.29, 0.717) is 18.3 Å². The lowest BCUT2D eigenvalue weighted by atomic mass is 9.82. The van der Waals surface area contributed by atoms with Crippen molar-refractivity contribution in [2.45, 2.75) is 24.9 Å². The molecule has 0 radical (unpaired) electrons. The fraction of sp³-hybridized carbons (Fsp3) is 0.350. The Morgan fingerprint density at radius 2 is 1.75 bits per heavy atom. The van der Waals surface area contributed by atoms with Crippen LogP contribution in [0.1, 0.15) is 12.8 Å². The summed E-state index contributed by atoms with van der Waals surface area (Å²) in [6.45, 7) is 1.36. The molecule has 2 bridgehead atoms. The van der Waals surface area contributed by atoms with E-state index in [1.54, 1.807) is 6.20 Å². The van der Waals surface area contributed by atoms with Gasteiger partial charge in [0.1, 0.15) is 0 Å². The van der Waals surface area contributed by atoms with Gasteiger partial charge in [0.25, 0.3) is 5.19 Å². The topological polar surface area (TPSA) is 78.0 Å². The van der Waals surface area contributed by atoms with Gasteiger partial charge in [-0.1, -0.05) is 41.7 Å². The normalized spacial score (nSPS) is 27.9. The zero-order valence-electron chi connectivity index (χ0n) is 14.9. The molecule has 28 heavy (non-hydrogen) atoms. The van der Waals surface area contributed by atoms with E-state index in [1.807, 2.05) is 35.2 Å². The average molecular weight is 398 g/mol. The molecule has 7 nitrogen and oxygen atoms in total. The molecule has 5 heterocycles. The largest absolute Gasteiger partial charge is 0.456 e. The summed E-state index contributed by atoms with van der Waals surface area (Å²) >= 11 is 1.41. The summed E-state index contributed by atoms with van der Waals surface area (Å²) in [6, 6.07) is 9.91. The Morgan fingerprint density at radius 1 is 1.07 bits per heavy atom. The molecule has 0 N–H and O–H groups in total. The van der Waals surface area contributed by atoms with E-state index in [1.165, 1.54) is 11.3 Å². The van der Waals surface area contributed by atoms with Crippen molar-refractivity contribution in [3.63, 3.8) is 0 Å². The first-order chi connectivity index (χ1) is 13.6. The molecule has 1 atom stereocenters. The Bertz CT molecular complexity index is 913. The maximum absolute atomic E-state index is 12.1. The van der Waals surface area contributed by atoms with Gasteiger partial charge in [0.05, 0.1) is 4.88 Å². The average Bonchev–Trinajstić information content (AvgIpc) is 3.13. The van der Waals surface area contributed by atoms with Gasteiger partial charge in [-0.05, 0) is 18.4 Å². The molecule has 4 aliphatic heterocycles. The maximum Gasteiger partial charge on any atom is 0.359 e. The number of piperidine rings is 3. The number of esters is 2. The first kappa shape index (κ1) is 17.4. The van der Waals surface area contributed by atoms with Gasteiger partial charge in [-0.25, -0.2) is 19.5 Å². The monoisotopic (exact) mass is 398 g/mol. The number of nitrogens with zero attached hydrogens (tertiary/aromatic N) is 2. The number of thiazole rings is 1. The Morgan fingerprint density at radius 3 is 2.43 bits per heavy atom. The number of carbonyl (C=O) groups excluding carboxylic acids is 2. The van der Waals surface area contributed by atoms with E-state index in [0.717, 1.165) is 35.4 Å². The van der Waals surface area contributed by atoms with Gasteiger partial charge in [0, 0.05) is 37.4 Å². The predicted octanol–water partition coefficient (Wildman–Crippen LogP) is 2.59. The fourth-order valence-corrected chi connectivity index (χ4v) is 4.88. The van der Waals surface area contributed by atoms with Crippen LogP contribution in [0.25, 0.3) is 10.4 Å². The summed E-state index contributed by atoms with van der Waals surface area (Å²) < 4.78 is 17.5. The van der Waals surface area contributed by atoms with Crippen LogP contribution < -0.4 is 4.74 Å². The summed E-state index contributed by atoms with van der Waals surface area (Å²) in [5, 5.41) is 0.460. The Balaban J connectivity index is 1.47. The molecule has 144 valence electrons. The third-order valence-electron chi connectivity index (χ3n) is 5.39. The highest BCUT2D eigenvalue weighted by atomic mass is 32.1. The van der Waals surface area contributed by atoms with Gasteiger partial charge < -0.3 is 14.2 Å². The van der Waals surface area contributed by atoms with E-state index in [9.17, 15) is 9.59 Å². The molecule has 0 saturated carbocycles. The summed E-state index contributed by atoms with van der Waals surface area (Å²) in [6.07, 6.45) is 5.08. The summed E-state index contributed by atoms with van der Waals surface area (Å²) in [5.74, 6) is -2.67. The SMILES string of the molecule is O=C1C=CC(=O)OC2(O1)C(Oc1ncc(-c3ccccc3)s1)C1CCN2CC1. The van der Waals surface area contributed by atoms with Gasteiger partial charge in [-0.15, -0.1) is 0 Å². The molecule has 1 spiro atoms. The molecule has 4 aliphatic rings. The minimum Gasteiger partial charge on any atom is -0.456 e. The maximum atomic E-state index is 12.1. The van der Waals surface area contributed by atoms with Crippen molar-refractivity contribution < 1.29 is 23.8 Å². The minimum atomic E-state index is -1.54. The Hall–Kier alpha value is -2.71. The van der Waals surface area contributed by atoms with Crippen molar-refractivity contribution in [2.24, 2.45) is 5.92 Å². The van der Waals surface area contributed by atoms with Gasteiger partial charge in [-0.3, -0.25) is 0 Å². The van der Waals surface area contributed by atoms with E-state index in [4.69, 9.17) is 14.2 Å². The predicted molar refractivity (Wildman–Crippen MR) is 100 cm³/mol. The van der Waals surface area contributed by atoms with E-state index in [2.05, 4.69) is 4.98 Å². The lowest BCUT2D eigenvalue weighted by Gasteiger charge is -2.54. The molecule has 3 fully saturated rings. The number of rotatable bonds is 3. The lowest BCUT2D eigenvalue weighted by Crippen LogP contribution is -2.71. The molecule has 1 unspecified atom stereocenters. The quantitative estimate of drug-likeness (QED) is 0.736. The molecule has 8 heteroatoms. The van der Waals surface area contributed by atoms with Crippen molar-refractivity contribution in [3.05, 3.63) is 48.7 Å². The third-order valence-corrected chi connectivity index (χ3v) is 6.33. The van der Waals surface area contributed by atoms with Crippen molar-refractivity contribution in [1.82, 2.24) is 9.88 Å². The Kier molecular flexibility index (Phi) is 4.17. The number of ether oxygens (including phenoxy) is 3. The second kappa shape index (κ2) is 6.72. The van der Waals surface area contributed by atoms with E-state index >= 15 is 0 Å². The molecular formula is C20H18N2O5S. The number of hydrogen-bond acceptors (Lipinski definition) is 8. The molecule has 2 aromatic rings. The lowest BCUT2D eigenvalue weighted by molar-refractivity contribution is -0.348. The zero-order valence-corrected chi connectivity index (χ0v) is 15.8. The van der Waals surface area contributed by atoms with Crippen LogP contribution >= 0.6 is 11.3 Å². The van der Waals surface area contributed by atoms with Crippen LogP contribution in [0.4, 0.5) is 0 Å². The van der Waals surface area contributed by atoms with Crippen LogP contribution in [0.3, 0.4) is 0 Å². The number of fused-ring (bicyclic) bond motifs is 2. The molecule has 0 aliphatic carbocycles. The molecular weight excluding hydrogens is 380 g/mol. The number of carbonyl (C=O) groups is 2. The molecule has 0 amide bonds. The highest BCUT2D eigenvalue weighted by Crippen LogP contribution is 2.45. The smallest absolute Gasteiger partial charge is 0.359 e. The van der Waals surface area contributed by atoms with Crippen LogP contribution in [0.2, 0.25) is 0 Å². The number of hydrogen-bond donors (Lipinski definition) is 0. The van der Waals surface area contributed by atoms with Crippen LogP contribution in [0.5, 0.6) is 5.19 Å². The minimum absolute atomic E-state index is 0.104. The van der Waals surface area contributed by atoms with E-state index < -0.39 is 24.0 Å². The van der Waals surface area contributed by atoms with Crippen LogP contribution in [0.15, 0.2) is 48.7 Å². The second-order valence-corrected chi connectivity index (χ2v) is 8.02. The molecule has 6 rings (SSSR count). The van der Waals surface area contributed by atoms with Gasteiger partial charge >= 0.3 is 17.8 Å². The third kappa shape index (κ3) is 2.89. The molecule has 1 aromatic heterocycles. The summed E-state index contributed by atoms with van der Waals surface area (Å²) in [7, 11) is 0. The van der Waals surface area contributed by atoms with Gasteiger partial charge in [0.15, 0.2) is 6.10 Å². The van der Waals surface area contributed by atoms with E-state index in [-0.39, 0.29) is 5.92 Å². The summed E-state index contributed by atoms with van der Waals surface area (Å²) in [5.41, 5.74) is 1.05. The summed E-state index contributed by atoms with van der Waals surface area (Å²) in [4.78, 5) is 31.5. The fourth-order valence-electron chi connectivity index (χ4n) is 4.08. The van der Waals surface area contributed by atoms with Crippen molar-refractivity contribution >= 4 is 23.3 Å². The first-order valence-electron chi connectivity index (χ1n) is 9.21. The highest BCUT2D eigenvalue weighted by molar-refractivity contribution is 7.16. The van der Waals surface area contributed by atoms with Crippen molar-refractivity contribution in [2.75, 3.05) is 13.1 Å². The zero-order chi connectivity index (χ0) is 19.1. The van der Waals surface area contributed by atoms with Gasteiger partial charge in [-0.2, -0.15) is 0 Å². The van der Waals surface area contributed by atoms with Crippen molar-refractivity contribution in [1.29, 1.82) is 0 Å². The molecule has 3 saturated heterocycles. The standard InChI is InChI=1S/C20H18N2O5S/c23-16-6-7-17(24)27-20(26-16)18(14-8-10-22(20)11-9-14)25-19-21-12-15(28-19)13-4-2-1-3-5-13/h1-7,12,14,18H,8-11H2.